The van der Waals surface area contributed by atoms with Gasteiger partial charge in [-0.1, -0.05) is 6.07 Å². The molecule has 2 aliphatic heterocycles. The highest BCUT2D eigenvalue weighted by molar-refractivity contribution is 7.89. The first-order chi connectivity index (χ1) is 14.9. The van der Waals surface area contributed by atoms with Gasteiger partial charge in [0.2, 0.25) is 15.9 Å². The van der Waals surface area contributed by atoms with Crippen LogP contribution < -0.4 is 19.5 Å². The fourth-order valence-electron chi connectivity index (χ4n) is 4.02. The van der Waals surface area contributed by atoms with Crippen LogP contribution in [-0.2, 0) is 14.8 Å². The molecule has 0 aliphatic carbocycles. The summed E-state index contributed by atoms with van der Waals surface area (Å²) in [5, 5.41) is 2.63. The number of hydrogen-bond acceptors (Lipinski definition) is 6. The number of ether oxygens (including phenoxy) is 3. The number of methoxy groups -OCH3 is 1. The summed E-state index contributed by atoms with van der Waals surface area (Å²) in [4.78, 5) is 11.6. The molecule has 1 fully saturated rings. The molecule has 9 heteroatoms. The minimum Gasteiger partial charge on any atom is -0.495 e. The molecule has 1 amide bonds. The van der Waals surface area contributed by atoms with E-state index in [0.717, 1.165) is 18.4 Å². The predicted octanol–water partition coefficient (Wildman–Crippen LogP) is 3.34. The van der Waals surface area contributed by atoms with Gasteiger partial charge < -0.3 is 19.5 Å². The monoisotopic (exact) mass is 446 g/mol. The van der Waals surface area contributed by atoms with Crippen LogP contribution in [0.15, 0.2) is 41.3 Å². The Hall–Kier alpha value is -2.78. The summed E-state index contributed by atoms with van der Waals surface area (Å²) in [5.41, 5.74) is 1.20. The topological polar surface area (TPSA) is 94.2 Å². The van der Waals surface area contributed by atoms with Gasteiger partial charge in [0.15, 0.2) is 11.5 Å². The zero-order valence-corrected chi connectivity index (χ0v) is 18.4. The minimum absolute atomic E-state index is 0.110. The van der Waals surface area contributed by atoms with E-state index < -0.39 is 10.0 Å². The first kappa shape index (κ1) is 21.5. The molecule has 166 valence electrons. The van der Waals surface area contributed by atoms with E-state index >= 15 is 0 Å². The van der Waals surface area contributed by atoms with Crippen LogP contribution in [0.5, 0.6) is 17.2 Å². The number of carbonyl (C=O) groups is 1. The molecule has 0 saturated carbocycles. The first-order valence-electron chi connectivity index (χ1n) is 10.3. The third kappa shape index (κ3) is 4.33. The molecular weight excluding hydrogens is 420 g/mol. The van der Waals surface area contributed by atoms with Crippen molar-refractivity contribution in [1.82, 2.24) is 4.31 Å². The van der Waals surface area contributed by atoms with Crippen molar-refractivity contribution in [3.05, 3.63) is 42.0 Å². The van der Waals surface area contributed by atoms with Gasteiger partial charge in [-0.15, -0.1) is 0 Å². The van der Waals surface area contributed by atoms with Gasteiger partial charge in [0.25, 0.3) is 0 Å². The van der Waals surface area contributed by atoms with Crippen LogP contribution >= 0.6 is 0 Å². The lowest BCUT2D eigenvalue weighted by Gasteiger charge is -2.25. The lowest BCUT2D eigenvalue weighted by molar-refractivity contribution is -0.114. The number of benzene rings is 2. The molecule has 4 rings (SSSR count). The molecule has 1 atom stereocenters. The predicted molar refractivity (Wildman–Crippen MR) is 115 cm³/mol. The van der Waals surface area contributed by atoms with Crippen molar-refractivity contribution in [2.24, 2.45) is 0 Å². The van der Waals surface area contributed by atoms with E-state index in [1.54, 1.807) is 6.07 Å². The number of hydrogen-bond donors (Lipinski definition) is 1. The lowest BCUT2D eigenvalue weighted by atomic mass is 10.0. The van der Waals surface area contributed by atoms with Crippen LogP contribution in [0.25, 0.3) is 0 Å². The summed E-state index contributed by atoms with van der Waals surface area (Å²) >= 11 is 0. The lowest BCUT2D eigenvalue weighted by Crippen LogP contribution is -2.30. The quantitative estimate of drug-likeness (QED) is 0.757. The van der Waals surface area contributed by atoms with Crippen molar-refractivity contribution >= 4 is 21.6 Å². The van der Waals surface area contributed by atoms with E-state index in [9.17, 15) is 13.2 Å². The number of fused-ring (bicyclic) bond motifs is 1. The van der Waals surface area contributed by atoms with Crippen LogP contribution in [0.1, 0.15) is 37.8 Å². The molecule has 0 aromatic heterocycles. The average Bonchev–Trinajstić information content (AvgIpc) is 3.13. The normalized spacial score (nSPS) is 19.0. The number of nitrogens with zero attached hydrogens (tertiary/aromatic N) is 1. The van der Waals surface area contributed by atoms with E-state index in [0.29, 0.717) is 49.1 Å². The summed E-state index contributed by atoms with van der Waals surface area (Å²) in [5.74, 6) is 1.43. The Morgan fingerprint density at radius 2 is 1.87 bits per heavy atom. The molecule has 2 heterocycles. The summed E-state index contributed by atoms with van der Waals surface area (Å²) in [6.45, 7) is 2.95. The zero-order chi connectivity index (χ0) is 22.0. The fourth-order valence-corrected chi connectivity index (χ4v) is 5.73. The molecule has 0 bridgehead atoms. The van der Waals surface area contributed by atoms with Gasteiger partial charge in [-0.25, -0.2) is 8.42 Å². The molecule has 1 saturated heterocycles. The molecule has 8 nitrogen and oxygen atoms in total. The second-order valence-corrected chi connectivity index (χ2v) is 9.46. The van der Waals surface area contributed by atoms with Crippen LogP contribution in [-0.4, -0.2) is 45.5 Å². The smallest absolute Gasteiger partial charge is 0.243 e. The van der Waals surface area contributed by atoms with Crippen LogP contribution in [0.3, 0.4) is 0 Å². The maximum Gasteiger partial charge on any atom is 0.243 e. The third-order valence-electron chi connectivity index (χ3n) is 5.45. The van der Waals surface area contributed by atoms with E-state index in [1.165, 1.54) is 30.5 Å². The third-order valence-corrected chi connectivity index (χ3v) is 7.35. The Morgan fingerprint density at radius 1 is 1.10 bits per heavy atom. The van der Waals surface area contributed by atoms with E-state index in [2.05, 4.69) is 5.32 Å². The number of rotatable bonds is 5. The molecule has 2 aromatic rings. The molecular formula is C22H26N2O6S. The highest BCUT2D eigenvalue weighted by Gasteiger charge is 2.37. The van der Waals surface area contributed by atoms with Crippen LogP contribution in [0.4, 0.5) is 5.69 Å². The van der Waals surface area contributed by atoms with E-state index in [1.807, 2.05) is 18.2 Å². The molecule has 2 aliphatic rings. The van der Waals surface area contributed by atoms with Gasteiger partial charge in [0.05, 0.1) is 36.9 Å². The highest BCUT2D eigenvalue weighted by Crippen LogP contribution is 2.41. The summed E-state index contributed by atoms with van der Waals surface area (Å²) in [7, 11) is -2.33. The average molecular weight is 447 g/mol. The Labute approximate surface area is 182 Å². The van der Waals surface area contributed by atoms with Crippen LogP contribution in [0.2, 0.25) is 0 Å². The summed E-state index contributed by atoms with van der Waals surface area (Å²) in [6.07, 6.45) is 2.28. The Bertz CT molecular complexity index is 1090. The van der Waals surface area contributed by atoms with E-state index in [4.69, 9.17) is 14.2 Å². The van der Waals surface area contributed by atoms with Crippen molar-refractivity contribution < 1.29 is 27.4 Å². The maximum atomic E-state index is 13.5. The molecule has 2 aromatic carbocycles. The molecule has 0 radical (unpaired) electrons. The summed E-state index contributed by atoms with van der Waals surface area (Å²) < 4.78 is 45.3. The van der Waals surface area contributed by atoms with Crippen molar-refractivity contribution in [3.63, 3.8) is 0 Å². The van der Waals surface area contributed by atoms with Crippen molar-refractivity contribution in [3.8, 4) is 17.2 Å². The Morgan fingerprint density at radius 3 is 2.61 bits per heavy atom. The van der Waals surface area contributed by atoms with Gasteiger partial charge in [-0.05, 0) is 48.7 Å². The van der Waals surface area contributed by atoms with E-state index in [-0.39, 0.29) is 16.8 Å². The molecule has 1 N–H and O–H groups in total. The maximum absolute atomic E-state index is 13.5. The molecule has 0 spiro atoms. The highest BCUT2D eigenvalue weighted by atomic mass is 32.2. The second kappa shape index (κ2) is 8.76. The standard InChI is InChI=1S/C22H26N2O6S/c1-15(25)23-18-14-17(7-9-20(18)28-2)31(26,27)24-10-3-5-19(24)16-6-8-21-22(13-16)30-12-4-11-29-21/h6-9,13-14,19H,3-5,10-12H2,1-2H3,(H,23,25)/t19-/m1/s1. The number of anilines is 1. The minimum atomic E-state index is -3.79. The van der Waals surface area contributed by atoms with Gasteiger partial charge in [0, 0.05) is 19.9 Å². The van der Waals surface area contributed by atoms with Crippen molar-refractivity contribution in [2.75, 3.05) is 32.2 Å². The Kier molecular flexibility index (Phi) is 6.06. The van der Waals surface area contributed by atoms with Crippen molar-refractivity contribution in [2.45, 2.75) is 37.1 Å². The molecule has 0 unspecified atom stereocenters. The number of sulfonamides is 1. The number of nitrogens with one attached hydrogen (secondary N) is 1. The zero-order valence-electron chi connectivity index (χ0n) is 17.6. The number of amides is 1. The van der Waals surface area contributed by atoms with Gasteiger partial charge in [-0.2, -0.15) is 4.31 Å². The van der Waals surface area contributed by atoms with Gasteiger partial charge in [-0.3, -0.25) is 4.79 Å². The SMILES string of the molecule is COc1ccc(S(=O)(=O)N2CCC[C@@H]2c2ccc3c(c2)OCCCO3)cc1NC(C)=O. The van der Waals surface area contributed by atoms with Crippen molar-refractivity contribution in [1.29, 1.82) is 0 Å². The summed E-state index contributed by atoms with van der Waals surface area (Å²) in [6, 6.07) is 9.84. The molecule has 31 heavy (non-hydrogen) atoms. The second-order valence-electron chi connectivity index (χ2n) is 7.57. The first-order valence-corrected chi connectivity index (χ1v) is 11.7. The Balaban J connectivity index is 1.67. The van der Waals surface area contributed by atoms with Gasteiger partial charge >= 0.3 is 0 Å². The largest absolute Gasteiger partial charge is 0.495 e. The fraction of sp³-hybridized carbons (Fsp3) is 0.409. The number of carbonyl (C=O) groups excluding carboxylic acids is 1. The van der Waals surface area contributed by atoms with Gasteiger partial charge in [0.1, 0.15) is 5.75 Å². The van der Waals surface area contributed by atoms with Crippen LogP contribution in [0, 0.1) is 0 Å².